The maximum absolute atomic E-state index is 6.32. The average molecular weight is 390 g/mol. The molecule has 0 bridgehead atoms. The second-order valence-electron chi connectivity index (χ2n) is 6.52. The van der Waals surface area contributed by atoms with Crippen LogP contribution in [0.15, 0.2) is 23.1 Å². The molecule has 1 saturated carbocycles. The quantitative estimate of drug-likeness (QED) is 0.700. The molecular formula is C16H20BrN7. The van der Waals surface area contributed by atoms with Gasteiger partial charge in [0.2, 0.25) is 0 Å². The summed E-state index contributed by atoms with van der Waals surface area (Å²) in [5.41, 5.74) is 16.1. The number of hydrogen-bond donors (Lipinski definition) is 2. The maximum Gasteiger partial charge on any atom is 0.165 e. The van der Waals surface area contributed by atoms with Gasteiger partial charge in [0.1, 0.15) is 5.82 Å². The van der Waals surface area contributed by atoms with Gasteiger partial charge in [0, 0.05) is 36.3 Å². The van der Waals surface area contributed by atoms with E-state index in [-0.39, 0.29) is 6.04 Å². The molecule has 3 aromatic heterocycles. The van der Waals surface area contributed by atoms with Crippen LogP contribution in [0, 0.1) is 0 Å². The molecule has 1 unspecified atom stereocenters. The molecule has 1 fully saturated rings. The Morgan fingerprint density at radius 2 is 2.08 bits per heavy atom. The zero-order valence-corrected chi connectivity index (χ0v) is 15.1. The Hall–Kier alpha value is -1.93. The topological polar surface area (TPSA) is 100 Å². The van der Waals surface area contributed by atoms with Crippen molar-refractivity contribution in [1.82, 2.24) is 24.4 Å². The maximum atomic E-state index is 6.32. The Balaban J connectivity index is 1.87. The predicted molar refractivity (Wildman–Crippen MR) is 96.5 cm³/mol. The average Bonchev–Trinajstić information content (AvgIpc) is 3.16. The number of aromatic nitrogens is 5. The standard InChI is InChI=1S/C16H20BrN7/c1-23-8-10(6-20-23)12-7-21-24-15(19)13(17)14(22-16(12)24)9-3-2-4-11(18)5-9/h6-9,11H,2-5,18-19H2,1H3/t9-,11?/m0/s1. The zero-order chi connectivity index (χ0) is 16.8. The third-order valence-electron chi connectivity index (χ3n) is 4.77. The number of nitrogen functional groups attached to an aromatic ring is 1. The Bertz CT molecular complexity index is 897. The van der Waals surface area contributed by atoms with Crippen molar-refractivity contribution >= 4 is 27.4 Å². The van der Waals surface area contributed by atoms with Gasteiger partial charge in [0.25, 0.3) is 0 Å². The lowest BCUT2D eigenvalue weighted by Gasteiger charge is -2.27. The van der Waals surface area contributed by atoms with Gasteiger partial charge >= 0.3 is 0 Å². The van der Waals surface area contributed by atoms with E-state index >= 15 is 0 Å². The molecular weight excluding hydrogens is 370 g/mol. The van der Waals surface area contributed by atoms with Crippen molar-refractivity contribution in [2.24, 2.45) is 12.8 Å². The lowest BCUT2D eigenvalue weighted by Crippen LogP contribution is -2.27. The molecule has 0 aromatic carbocycles. The highest BCUT2D eigenvalue weighted by atomic mass is 79.9. The van der Waals surface area contributed by atoms with Crippen LogP contribution in [-0.2, 0) is 7.05 Å². The van der Waals surface area contributed by atoms with Crippen LogP contribution < -0.4 is 11.5 Å². The van der Waals surface area contributed by atoms with Crippen molar-refractivity contribution in [2.75, 3.05) is 5.73 Å². The number of aryl methyl sites for hydroxylation is 1. The molecule has 0 saturated heterocycles. The third-order valence-corrected chi connectivity index (χ3v) is 5.58. The second kappa shape index (κ2) is 5.86. The molecule has 126 valence electrons. The first-order valence-electron chi connectivity index (χ1n) is 8.11. The van der Waals surface area contributed by atoms with E-state index in [9.17, 15) is 0 Å². The van der Waals surface area contributed by atoms with Crippen molar-refractivity contribution in [3.63, 3.8) is 0 Å². The smallest absolute Gasteiger partial charge is 0.165 e. The van der Waals surface area contributed by atoms with Gasteiger partial charge in [-0.1, -0.05) is 6.42 Å². The van der Waals surface area contributed by atoms with Crippen LogP contribution in [0.1, 0.15) is 37.3 Å². The van der Waals surface area contributed by atoms with Gasteiger partial charge in [-0.2, -0.15) is 14.7 Å². The summed E-state index contributed by atoms with van der Waals surface area (Å²) in [4.78, 5) is 4.92. The van der Waals surface area contributed by atoms with Crippen molar-refractivity contribution in [3.05, 3.63) is 28.8 Å². The minimum Gasteiger partial charge on any atom is -0.383 e. The molecule has 3 aromatic rings. The SMILES string of the molecule is Cn1cc(-c2cnn3c(N)c(Br)c([C@H]4CCCC(N)C4)nc23)cn1. The summed E-state index contributed by atoms with van der Waals surface area (Å²) in [6, 6.07) is 0.234. The lowest BCUT2D eigenvalue weighted by atomic mass is 9.84. The van der Waals surface area contributed by atoms with Crippen LogP contribution in [0.2, 0.25) is 0 Å². The van der Waals surface area contributed by atoms with E-state index in [1.54, 1.807) is 15.4 Å². The molecule has 2 atom stereocenters. The Labute approximate surface area is 148 Å². The number of nitrogens with two attached hydrogens (primary N) is 2. The molecule has 0 aliphatic heterocycles. The fraction of sp³-hybridized carbons (Fsp3) is 0.438. The highest BCUT2D eigenvalue weighted by Gasteiger charge is 2.26. The summed E-state index contributed by atoms with van der Waals surface area (Å²) in [6.45, 7) is 0. The van der Waals surface area contributed by atoms with E-state index in [4.69, 9.17) is 16.5 Å². The number of nitrogens with zero attached hydrogens (tertiary/aromatic N) is 5. The lowest BCUT2D eigenvalue weighted by molar-refractivity contribution is 0.387. The molecule has 0 radical (unpaired) electrons. The molecule has 4 rings (SSSR count). The van der Waals surface area contributed by atoms with Gasteiger partial charge in [0.15, 0.2) is 5.65 Å². The first kappa shape index (κ1) is 15.6. The highest BCUT2D eigenvalue weighted by Crippen LogP contribution is 2.38. The third kappa shape index (κ3) is 2.50. The van der Waals surface area contributed by atoms with Crippen LogP contribution >= 0.6 is 15.9 Å². The van der Waals surface area contributed by atoms with Gasteiger partial charge in [-0.25, -0.2) is 4.98 Å². The summed E-state index contributed by atoms with van der Waals surface area (Å²) in [6.07, 6.45) is 9.79. The first-order chi connectivity index (χ1) is 11.5. The second-order valence-corrected chi connectivity index (χ2v) is 7.31. The van der Waals surface area contributed by atoms with Crippen LogP contribution in [0.4, 0.5) is 5.82 Å². The van der Waals surface area contributed by atoms with Crippen molar-refractivity contribution in [2.45, 2.75) is 37.6 Å². The largest absolute Gasteiger partial charge is 0.383 e. The van der Waals surface area contributed by atoms with Gasteiger partial charge < -0.3 is 11.5 Å². The summed E-state index contributed by atoms with van der Waals surface area (Å²) < 4.78 is 4.27. The number of halogens is 1. The van der Waals surface area contributed by atoms with Gasteiger partial charge in [0.05, 0.1) is 22.6 Å². The van der Waals surface area contributed by atoms with E-state index in [0.29, 0.717) is 11.7 Å². The van der Waals surface area contributed by atoms with Crippen molar-refractivity contribution in [1.29, 1.82) is 0 Å². The van der Waals surface area contributed by atoms with Crippen LogP contribution in [0.3, 0.4) is 0 Å². The molecule has 4 N–H and O–H groups in total. The number of rotatable bonds is 2. The van der Waals surface area contributed by atoms with E-state index in [0.717, 1.165) is 52.6 Å². The van der Waals surface area contributed by atoms with E-state index in [1.807, 2.05) is 19.4 Å². The minimum absolute atomic E-state index is 0.234. The molecule has 0 amide bonds. The summed E-state index contributed by atoms with van der Waals surface area (Å²) in [5.74, 6) is 0.899. The van der Waals surface area contributed by atoms with E-state index in [1.165, 1.54) is 0 Å². The Morgan fingerprint density at radius 1 is 1.25 bits per heavy atom. The Kier molecular flexibility index (Phi) is 3.80. The Morgan fingerprint density at radius 3 is 2.79 bits per heavy atom. The van der Waals surface area contributed by atoms with Gasteiger partial charge in [-0.15, -0.1) is 0 Å². The number of anilines is 1. The van der Waals surface area contributed by atoms with Crippen molar-refractivity contribution < 1.29 is 0 Å². The fourth-order valence-electron chi connectivity index (χ4n) is 3.52. The van der Waals surface area contributed by atoms with Gasteiger partial charge in [-0.3, -0.25) is 4.68 Å². The predicted octanol–water partition coefficient (Wildman–Crippen LogP) is 2.46. The molecule has 3 heterocycles. The molecule has 1 aliphatic carbocycles. The fourth-order valence-corrected chi connectivity index (χ4v) is 4.10. The summed E-state index contributed by atoms with van der Waals surface area (Å²) >= 11 is 3.62. The first-order valence-corrected chi connectivity index (χ1v) is 8.91. The van der Waals surface area contributed by atoms with E-state index in [2.05, 4.69) is 26.1 Å². The normalized spacial score (nSPS) is 21.5. The molecule has 8 heteroatoms. The molecule has 0 spiro atoms. The van der Waals surface area contributed by atoms with Gasteiger partial charge in [-0.05, 0) is 35.2 Å². The number of hydrogen-bond acceptors (Lipinski definition) is 5. The monoisotopic (exact) mass is 389 g/mol. The van der Waals surface area contributed by atoms with Crippen LogP contribution in [0.25, 0.3) is 16.8 Å². The highest BCUT2D eigenvalue weighted by molar-refractivity contribution is 9.10. The summed E-state index contributed by atoms with van der Waals surface area (Å²) in [7, 11) is 1.89. The van der Waals surface area contributed by atoms with Crippen LogP contribution in [0.5, 0.6) is 0 Å². The minimum atomic E-state index is 0.234. The summed E-state index contributed by atoms with van der Waals surface area (Å²) in [5, 5.41) is 8.64. The molecule has 7 nitrogen and oxygen atoms in total. The van der Waals surface area contributed by atoms with Crippen molar-refractivity contribution in [3.8, 4) is 11.1 Å². The molecule has 1 aliphatic rings. The number of fused-ring (bicyclic) bond motifs is 1. The van der Waals surface area contributed by atoms with E-state index < -0.39 is 0 Å². The molecule has 24 heavy (non-hydrogen) atoms. The van der Waals surface area contributed by atoms with Crippen LogP contribution in [-0.4, -0.2) is 30.4 Å². The zero-order valence-electron chi connectivity index (χ0n) is 13.5.